The molecule has 3 nitrogen and oxygen atoms in total. The zero-order chi connectivity index (χ0) is 9.26. The lowest BCUT2D eigenvalue weighted by Gasteiger charge is -2.12. The summed E-state index contributed by atoms with van der Waals surface area (Å²) in [6.45, 7) is 0.986. The molecule has 0 spiro atoms. The molecule has 0 amide bonds. The molecule has 1 aliphatic rings. The van der Waals surface area contributed by atoms with Crippen LogP contribution in [0.5, 0.6) is 11.5 Å². The minimum atomic E-state index is -0.0359. The van der Waals surface area contributed by atoms with E-state index in [-0.39, 0.29) is 17.5 Å². The van der Waals surface area contributed by atoms with Gasteiger partial charge in [-0.1, -0.05) is 12.1 Å². The van der Waals surface area contributed by atoms with Crippen molar-refractivity contribution in [1.82, 2.24) is 5.32 Å². The van der Waals surface area contributed by atoms with Crippen molar-refractivity contribution in [2.45, 2.75) is 18.9 Å². The van der Waals surface area contributed by atoms with Gasteiger partial charge in [0.25, 0.3) is 0 Å². The van der Waals surface area contributed by atoms with Crippen LogP contribution in [0.3, 0.4) is 0 Å². The molecule has 1 aliphatic heterocycles. The largest absolute Gasteiger partial charge is 0.504 e. The number of rotatable bonds is 1. The van der Waals surface area contributed by atoms with Crippen LogP contribution in [0.4, 0.5) is 0 Å². The van der Waals surface area contributed by atoms with E-state index < -0.39 is 0 Å². The zero-order valence-electron chi connectivity index (χ0n) is 7.33. The van der Waals surface area contributed by atoms with E-state index in [0.29, 0.717) is 0 Å². The highest BCUT2D eigenvalue weighted by atomic mass is 16.3. The summed E-state index contributed by atoms with van der Waals surface area (Å²) >= 11 is 0. The summed E-state index contributed by atoms with van der Waals surface area (Å²) in [5.41, 5.74) is 0.803. The monoisotopic (exact) mass is 179 g/mol. The highest BCUT2D eigenvalue weighted by Crippen LogP contribution is 2.35. The molecule has 1 aromatic rings. The van der Waals surface area contributed by atoms with Gasteiger partial charge in [0, 0.05) is 11.6 Å². The van der Waals surface area contributed by atoms with Crippen LogP contribution in [-0.2, 0) is 0 Å². The molecule has 0 aliphatic carbocycles. The van der Waals surface area contributed by atoms with Gasteiger partial charge in [0.15, 0.2) is 11.5 Å². The fraction of sp³-hybridized carbons (Fsp3) is 0.400. The first-order valence-corrected chi connectivity index (χ1v) is 4.53. The smallest absolute Gasteiger partial charge is 0.162 e. The van der Waals surface area contributed by atoms with Gasteiger partial charge in [0.05, 0.1) is 0 Å². The van der Waals surface area contributed by atoms with E-state index in [0.717, 1.165) is 24.9 Å². The minimum absolute atomic E-state index is 0.0156. The molecule has 1 atom stereocenters. The zero-order valence-corrected chi connectivity index (χ0v) is 7.33. The Labute approximate surface area is 77.0 Å². The number of hydrogen-bond acceptors (Lipinski definition) is 3. The van der Waals surface area contributed by atoms with Crippen LogP contribution in [0, 0.1) is 0 Å². The highest BCUT2D eigenvalue weighted by Gasteiger charge is 2.20. The van der Waals surface area contributed by atoms with Gasteiger partial charge >= 0.3 is 0 Å². The van der Waals surface area contributed by atoms with E-state index in [1.165, 1.54) is 6.07 Å². The Bertz CT molecular complexity index is 306. The summed E-state index contributed by atoms with van der Waals surface area (Å²) in [6.07, 6.45) is 2.15. The Morgan fingerprint density at radius 3 is 2.85 bits per heavy atom. The van der Waals surface area contributed by atoms with Gasteiger partial charge in [0.1, 0.15) is 0 Å². The number of hydrogen-bond donors (Lipinski definition) is 3. The van der Waals surface area contributed by atoms with Gasteiger partial charge in [-0.2, -0.15) is 0 Å². The normalized spacial score (nSPS) is 22.0. The van der Waals surface area contributed by atoms with Crippen LogP contribution in [0.1, 0.15) is 24.4 Å². The van der Waals surface area contributed by atoms with E-state index in [1.807, 2.05) is 6.07 Å². The maximum absolute atomic E-state index is 9.57. The molecule has 0 bridgehead atoms. The first-order valence-electron chi connectivity index (χ1n) is 4.53. The summed E-state index contributed by atoms with van der Waals surface area (Å²) in [5.74, 6) is -0.0203. The Hall–Kier alpha value is -1.22. The van der Waals surface area contributed by atoms with Gasteiger partial charge in [-0.3, -0.25) is 0 Å². The van der Waals surface area contributed by atoms with Crippen molar-refractivity contribution >= 4 is 0 Å². The molecule has 1 saturated heterocycles. The predicted octanol–water partition coefficient (Wildman–Crippen LogP) is 1.52. The van der Waals surface area contributed by atoms with Crippen LogP contribution in [0.25, 0.3) is 0 Å². The van der Waals surface area contributed by atoms with Crippen molar-refractivity contribution in [2.24, 2.45) is 0 Å². The summed E-state index contributed by atoms with van der Waals surface area (Å²) in [4.78, 5) is 0. The van der Waals surface area contributed by atoms with Gasteiger partial charge in [-0.15, -0.1) is 0 Å². The van der Waals surface area contributed by atoms with Crippen molar-refractivity contribution in [2.75, 3.05) is 6.54 Å². The molecule has 1 fully saturated rings. The maximum atomic E-state index is 9.57. The molecule has 13 heavy (non-hydrogen) atoms. The van der Waals surface area contributed by atoms with Gasteiger partial charge in [-0.05, 0) is 25.5 Å². The Morgan fingerprint density at radius 2 is 2.15 bits per heavy atom. The summed E-state index contributed by atoms with van der Waals surface area (Å²) in [5, 5.41) is 22.1. The lowest BCUT2D eigenvalue weighted by molar-refractivity contribution is 0.394. The van der Waals surface area contributed by atoms with E-state index in [4.69, 9.17) is 0 Å². The average Bonchev–Trinajstić information content (AvgIpc) is 2.62. The quantitative estimate of drug-likeness (QED) is 0.573. The SMILES string of the molecule is Oc1cccc([C@H]2CCCN2)c1O. The molecule has 0 unspecified atom stereocenters. The molecule has 70 valence electrons. The van der Waals surface area contributed by atoms with E-state index in [9.17, 15) is 10.2 Å². The van der Waals surface area contributed by atoms with Crippen LogP contribution in [0.2, 0.25) is 0 Å². The fourth-order valence-electron chi connectivity index (χ4n) is 1.78. The average molecular weight is 179 g/mol. The van der Waals surface area contributed by atoms with Crippen molar-refractivity contribution in [3.05, 3.63) is 23.8 Å². The van der Waals surface area contributed by atoms with Crippen molar-refractivity contribution in [3.63, 3.8) is 0 Å². The number of aromatic hydroxyl groups is 2. The number of benzene rings is 1. The van der Waals surface area contributed by atoms with Crippen LogP contribution in [-0.4, -0.2) is 16.8 Å². The second-order valence-electron chi connectivity index (χ2n) is 3.36. The molecule has 1 aromatic carbocycles. The van der Waals surface area contributed by atoms with E-state index in [1.54, 1.807) is 6.07 Å². The maximum Gasteiger partial charge on any atom is 0.162 e. The second-order valence-corrected chi connectivity index (χ2v) is 3.36. The third-order valence-electron chi connectivity index (χ3n) is 2.48. The number of phenols is 2. The van der Waals surface area contributed by atoms with Crippen molar-refractivity contribution in [3.8, 4) is 11.5 Å². The van der Waals surface area contributed by atoms with Gasteiger partial charge in [-0.25, -0.2) is 0 Å². The van der Waals surface area contributed by atoms with Crippen molar-refractivity contribution < 1.29 is 10.2 Å². The van der Waals surface area contributed by atoms with E-state index in [2.05, 4.69) is 5.32 Å². The topological polar surface area (TPSA) is 52.5 Å². The number of para-hydroxylation sites is 1. The second kappa shape index (κ2) is 3.26. The lowest BCUT2D eigenvalue weighted by atomic mass is 10.0. The Kier molecular flexibility index (Phi) is 2.10. The molecule has 0 radical (unpaired) electrons. The highest BCUT2D eigenvalue weighted by molar-refractivity contribution is 5.46. The Balaban J connectivity index is 2.33. The molecular formula is C10H13NO2. The lowest BCUT2D eigenvalue weighted by Crippen LogP contribution is -2.12. The summed E-state index contributed by atoms with van der Waals surface area (Å²) < 4.78 is 0. The molecule has 2 rings (SSSR count). The predicted molar refractivity (Wildman–Crippen MR) is 49.7 cm³/mol. The fourth-order valence-corrected chi connectivity index (χ4v) is 1.78. The van der Waals surface area contributed by atoms with E-state index >= 15 is 0 Å². The van der Waals surface area contributed by atoms with Crippen LogP contribution in [0.15, 0.2) is 18.2 Å². The standard InChI is InChI=1S/C10H13NO2/c12-9-5-1-3-7(10(9)13)8-4-2-6-11-8/h1,3,5,8,11-13H,2,4,6H2/t8-/m1/s1. The summed E-state index contributed by atoms with van der Waals surface area (Å²) in [7, 11) is 0. The van der Waals surface area contributed by atoms with Gasteiger partial charge in [0.2, 0.25) is 0 Å². The first-order chi connectivity index (χ1) is 6.29. The number of nitrogens with one attached hydrogen (secondary N) is 1. The van der Waals surface area contributed by atoms with Crippen molar-refractivity contribution in [1.29, 1.82) is 0 Å². The minimum Gasteiger partial charge on any atom is -0.504 e. The third kappa shape index (κ3) is 1.47. The van der Waals surface area contributed by atoms with Crippen LogP contribution < -0.4 is 5.32 Å². The molecule has 3 heteroatoms. The molecule has 3 N–H and O–H groups in total. The van der Waals surface area contributed by atoms with Crippen LogP contribution >= 0.6 is 0 Å². The molecular weight excluding hydrogens is 166 g/mol. The molecule has 0 aromatic heterocycles. The van der Waals surface area contributed by atoms with Gasteiger partial charge < -0.3 is 15.5 Å². The first kappa shape index (κ1) is 8.38. The molecule has 0 saturated carbocycles. The number of phenolic OH excluding ortho intramolecular Hbond substituents is 2. The molecule has 1 heterocycles. The summed E-state index contributed by atoms with van der Waals surface area (Å²) in [6, 6.07) is 5.29. The third-order valence-corrected chi connectivity index (χ3v) is 2.48. The Morgan fingerprint density at radius 1 is 1.31 bits per heavy atom.